The highest BCUT2D eigenvalue weighted by Gasteiger charge is 2.24. The van der Waals surface area contributed by atoms with E-state index in [-0.39, 0.29) is 5.91 Å². The average molecular weight is 329 g/mol. The average Bonchev–Trinajstić information content (AvgIpc) is 2.80. The normalized spacial score (nSPS) is 15.6. The first kappa shape index (κ1) is 16.7. The standard InChI is InChI=1S/C18H27N5O/c1-12(2)10-23-14(4)13(3)16-17(19-11-20-18(16)23)22-8-6-21(7-9-22)15(5)24/h11-12H,6-10H2,1-5H3. The van der Waals surface area contributed by atoms with Crippen molar-refractivity contribution in [3.63, 3.8) is 0 Å². The Hall–Kier alpha value is -2.11. The van der Waals surface area contributed by atoms with E-state index in [0.717, 1.165) is 49.6 Å². The van der Waals surface area contributed by atoms with E-state index in [1.807, 2.05) is 4.90 Å². The largest absolute Gasteiger partial charge is 0.352 e. The molecular weight excluding hydrogens is 302 g/mol. The van der Waals surface area contributed by atoms with Crippen molar-refractivity contribution in [2.75, 3.05) is 31.1 Å². The molecule has 1 amide bonds. The van der Waals surface area contributed by atoms with E-state index in [0.29, 0.717) is 5.92 Å². The first-order valence-corrected chi connectivity index (χ1v) is 8.71. The fraction of sp³-hybridized carbons (Fsp3) is 0.611. The Labute approximate surface area is 143 Å². The number of aryl methyl sites for hydroxylation is 1. The summed E-state index contributed by atoms with van der Waals surface area (Å²) in [5, 5.41) is 1.16. The summed E-state index contributed by atoms with van der Waals surface area (Å²) in [5.74, 6) is 1.72. The number of anilines is 1. The lowest BCUT2D eigenvalue weighted by Gasteiger charge is -2.35. The van der Waals surface area contributed by atoms with Crippen LogP contribution < -0.4 is 4.90 Å². The van der Waals surface area contributed by atoms with Crippen LogP contribution in [-0.4, -0.2) is 51.5 Å². The smallest absolute Gasteiger partial charge is 0.219 e. The molecule has 3 rings (SSSR count). The number of fused-ring (bicyclic) bond motifs is 1. The molecule has 24 heavy (non-hydrogen) atoms. The summed E-state index contributed by atoms with van der Waals surface area (Å²) in [6, 6.07) is 0. The van der Waals surface area contributed by atoms with Crippen molar-refractivity contribution in [2.45, 2.75) is 41.2 Å². The van der Waals surface area contributed by atoms with Crippen molar-refractivity contribution in [3.05, 3.63) is 17.6 Å². The maximum absolute atomic E-state index is 11.5. The molecule has 0 N–H and O–H groups in total. The van der Waals surface area contributed by atoms with Crippen molar-refractivity contribution >= 4 is 22.8 Å². The van der Waals surface area contributed by atoms with Crippen molar-refractivity contribution in [3.8, 4) is 0 Å². The van der Waals surface area contributed by atoms with E-state index in [1.54, 1.807) is 13.3 Å². The van der Waals surface area contributed by atoms with Crippen LogP contribution in [0.15, 0.2) is 6.33 Å². The van der Waals surface area contributed by atoms with E-state index in [2.05, 4.69) is 47.1 Å². The van der Waals surface area contributed by atoms with Gasteiger partial charge >= 0.3 is 0 Å². The zero-order valence-electron chi connectivity index (χ0n) is 15.3. The van der Waals surface area contributed by atoms with E-state index < -0.39 is 0 Å². The van der Waals surface area contributed by atoms with Gasteiger partial charge in [-0.1, -0.05) is 13.8 Å². The van der Waals surface area contributed by atoms with Gasteiger partial charge in [0.25, 0.3) is 0 Å². The third-order valence-corrected chi connectivity index (χ3v) is 4.96. The molecule has 0 bridgehead atoms. The van der Waals surface area contributed by atoms with Gasteiger partial charge in [0.15, 0.2) is 0 Å². The number of rotatable bonds is 3. The number of aromatic nitrogens is 3. The SMILES string of the molecule is CC(=O)N1CCN(c2ncnc3c2c(C)c(C)n3CC(C)C)CC1. The first-order chi connectivity index (χ1) is 11.4. The second kappa shape index (κ2) is 6.42. The molecule has 0 radical (unpaired) electrons. The number of hydrogen-bond acceptors (Lipinski definition) is 4. The highest BCUT2D eigenvalue weighted by molar-refractivity contribution is 5.92. The van der Waals surface area contributed by atoms with Crippen LogP contribution in [0, 0.1) is 19.8 Å². The summed E-state index contributed by atoms with van der Waals surface area (Å²) in [6.45, 7) is 14.5. The maximum atomic E-state index is 11.5. The number of piperazine rings is 1. The van der Waals surface area contributed by atoms with Crippen LogP contribution in [0.5, 0.6) is 0 Å². The van der Waals surface area contributed by atoms with Crippen molar-refractivity contribution in [1.82, 2.24) is 19.4 Å². The van der Waals surface area contributed by atoms with Crippen LogP contribution in [0.1, 0.15) is 32.0 Å². The summed E-state index contributed by atoms with van der Waals surface area (Å²) in [4.78, 5) is 24.9. The van der Waals surface area contributed by atoms with Crippen molar-refractivity contribution in [1.29, 1.82) is 0 Å². The molecule has 6 heteroatoms. The number of amides is 1. The van der Waals surface area contributed by atoms with Gasteiger partial charge in [-0.3, -0.25) is 4.79 Å². The zero-order valence-corrected chi connectivity index (χ0v) is 15.3. The molecule has 2 aromatic heterocycles. The van der Waals surface area contributed by atoms with E-state index in [4.69, 9.17) is 0 Å². The van der Waals surface area contributed by atoms with Crippen LogP contribution in [0.2, 0.25) is 0 Å². The third kappa shape index (κ3) is 2.85. The maximum Gasteiger partial charge on any atom is 0.219 e. The lowest BCUT2D eigenvalue weighted by molar-refractivity contribution is -0.129. The van der Waals surface area contributed by atoms with Crippen molar-refractivity contribution < 1.29 is 4.79 Å². The number of carbonyl (C=O) groups is 1. The number of nitrogens with zero attached hydrogens (tertiary/aromatic N) is 5. The van der Waals surface area contributed by atoms with Gasteiger partial charge in [0.05, 0.1) is 5.39 Å². The van der Waals surface area contributed by atoms with Crippen LogP contribution in [0.3, 0.4) is 0 Å². The summed E-state index contributed by atoms with van der Waals surface area (Å²) in [7, 11) is 0. The minimum Gasteiger partial charge on any atom is -0.352 e. The van der Waals surface area contributed by atoms with Gasteiger partial charge < -0.3 is 14.4 Å². The number of carbonyl (C=O) groups excluding carboxylic acids is 1. The Kier molecular flexibility index (Phi) is 4.47. The van der Waals surface area contributed by atoms with E-state index >= 15 is 0 Å². The molecule has 3 heterocycles. The molecular formula is C18H27N5O. The van der Waals surface area contributed by atoms with E-state index in [9.17, 15) is 4.79 Å². The van der Waals surface area contributed by atoms with Gasteiger partial charge in [-0.25, -0.2) is 9.97 Å². The van der Waals surface area contributed by atoms with Gasteiger partial charge in [-0.15, -0.1) is 0 Å². The minimum atomic E-state index is 0.151. The molecule has 1 saturated heterocycles. The minimum absolute atomic E-state index is 0.151. The Bertz CT molecular complexity index is 756. The molecule has 6 nitrogen and oxygen atoms in total. The third-order valence-electron chi connectivity index (χ3n) is 4.96. The van der Waals surface area contributed by atoms with Crippen molar-refractivity contribution in [2.24, 2.45) is 5.92 Å². The highest BCUT2D eigenvalue weighted by atomic mass is 16.2. The molecule has 1 aliphatic rings. The fourth-order valence-corrected chi connectivity index (χ4v) is 3.51. The molecule has 0 aliphatic carbocycles. The van der Waals surface area contributed by atoms with Crippen LogP contribution in [0.25, 0.3) is 11.0 Å². The summed E-state index contributed by atoms with van der Waals surface area (Å²) >= 11 is 0. The quantitative estimate of drug-likeness (QED) is 0.867. The zero-order chi connectivity index (χ0) is 17.4. The van der Waals surface area contributed by atoms with Gasteiger partial charge in [0, 0.05) is 45.3 Å². The van der Waals surface area contributed by atoms with Gasteiger partial charge in [-0.05, 0) is 25.3 Å². The number of hydrogen-bond donors (Lipinski definition) is 0. The van der Waals surface area contributed by atoms with Crippen LogP contribution >= 0.6 is 0 Å². The molecule has 0 aromatic carbocycles. The monoisotopic (exact) mass is 329 g/mol. The Morgan fingerprint density at radius 1 is 1.17 bits per heavy atom. The van der Waals surface area contributed by atoms with Crippen LogP contribution in [0.4, 0.5) is 5.82 Å². The molecule has 2 aromatic rings. The van der Waals surface area contributed by atoms with Crippen LogP contribution in [-0.2, 0) is 11.3 Å². The molecule has 1 aliphatic heterocycles. The van der Waals surface area contributed by atoms with Gasteiger partial charge in [0.2, 0.25) is 5.91 Å². The first-order valence-electron chi connectivity index (χ1n) is 8.71. The lowest BCUT2D eigenvalue weighted by atomic mass is 10.2. The Morgan fingerprint density at radius 2 is 1.83 bits per heavy atom. The molecule has 130 valence electrons. The van der Waals surface area contributed by atoms with Gasteiger partial charge in [0.1, 0.15) is 17.8 Å². The summed E-state index contributed by atoms with van der Waals surface area (Å²) < 4.78 is 2.31. The summed E-state index contributed by atoms with van der Waals surface area (Å²) in [6.07, 6.45) is 1.67. The predicted octanol–water partition coefficient (Wildman–Crippen LogP) is 2.37. The highest BCUT2D eigenvalue weighted by Crippen LogP contribution is 2.31. The topological polar surface area (TPSA) is 54.3 Å². The Morgan fingerprint density at radius 3 is 2.42 bits per heavy atom. The molecule has 0 unspecified atom stereocenters. The van der Waals surface area contributed by atoms with E-state index in [1.165, 1.54) is 11.3 Å². The molecule has 1 fully saturated rings. The Balaban J connectivity index is 1.99. The molecule has 0 spiro atoms. The molecule has 0 saturated carbocycles. The predicted molar refractivity (Wildman–Crippen MR) is 96.3 cm³/mol. The second-order valence-corrected chi connectivity index (χ2v) is 7.10. The van der Waals surface area contributed by atoms with Gasteiger partial charge in [-0.2, -0.15) is 0 Å². The summed E-state index contributed by atoms with van der Waals surface area (Å²) in [5.41, 5.74) is 3.55. The molecule has 0 atom stereocenters. The fourth-order valence-electron chi connectivity index (χ4n) is 3.51. The second-order valence-electron chi connectivity index (χ2n) is 7.10. The lowest BCUT2D eigenvalue weighted by Crippen LogP contribution is -2.48.